The predicted octanol–water partition coefficient (Wildman–Crippen LogP) is 2.22. The number of nitrogens with zero attached hydrogens (tertiary/aromatic N) is 2. The van der Waals surface area contributed by atoms with Crippen LogP contribution in [0.4, 0.5) is 0 Å². The Hall–Kier alpha value is -3.08. The molecule has 112 valence electrons. The second-order valence-electron chi connectivity index (χ2n) is 5.34. The van der Waals surface area contributed by atoms with E-state index in [9.17, 15) is 9.59 Å². The summed E-state index contributed by atoms with van der Waals surface area (Å²) in [6.07, 6.45) is 1.67. The van der Waals surface area contributed by atoms with E-state index in [1.165, 1.54) is 0 Å². The molecule has 2 aliphatic rings. The lowest BCUT2D eigenvalue weighted by Crippen LogP contribution is -2.00. The summed E-state index contributed by atoms with van der Waals surface area (Å²) in [5.74, 6) is 1.42. The molecule has 0 bridgehead atoms. The number of benzene rings is 2. The van der Waals surface area contributed by atoms with Gasteiger partial charge in [-0.25, -0.2) is 0 Å². The molecule has 2 aromatic carbocycles. The van der Waals surface area contributed by atoms with E-state index in [0.29, 0.717) is 11.5 Å². The average molecular weight is 304 g/mol. The molecular formula is C18H12N2O3. The van der Waals surface area contributed by atoms with Crippen LogP contribution in [0.5, 0.6) is 11.5 Å². The fourth-order valence-corrected chi connectivity index (χ4v) is 2.43. The Morgan fingerprint density at radius 3 is 1.39 bits per heavy atom. The van der Waals surface area contributed by atoms with E-state index in [1.54, 1.807) is 0 Å². The monoisotopic (exact) mass is 304 g/mol. The fourth-order valence-electron chi connectivity index (χ4n) is 2.43. The van der Waals surface area contributed by atoms with E-state index in [1.807, 2.05) is 48.5 Å². The third-order valence-electron chi connectivity index (χ3n) is 3.77. The van der Waals surface area contributed by atoms with Crippen molar-refractivity contribution in [3.05, 3.63) is 59.7 Å². The second-order valence-corrected chi connectivity index (χ2v) is 5.34. The molecule has 0 saturated carbocycles. The van der Waals surface area contributed by atoms with Gasteiger partial charge in [-0.2, -0.15) is 0 Å². The zero-order valence-electron chi connectivity index (χ0n) is 12.0. The van der Waals surface area contributed by atoms with Crippen molar-refractivity contribution in [2.24, 2.45) is 9.98 Å². The molecule has 2 aromatic rings. The lowest BCUT2D eigenvalue weighted by Gasteiger charge is -2.06. The van der Waals surface area contributed by atoms with Gasteiger partial charge in [0.1, 0.15) is 23.6 Å². The summed E-state index contributed by atoms with van der Waals surface area (Å²) in [6, 6.07) is 14.4. The average Bonchev–Trinajstić information content (AvgIpc) is 3.50. The molecule has 5 heteroatoms. The minimum atomic E-state index is -0.269. The van der Waals surface area contributed by atoms with Crippen molar-refractivity contribution in [1.82, 2.24) is 0 Å². The van der Waals surface area contributed by atoms with Gasteiger partial charge in [-0.1, -0.05) is 0 Å². The molecule has 4 rings (SSSR count). The topological polar surface area (TPSA) is 68.1 Å². The predicted molar refractivity (Wildman–Crippen MR) is 85.7 cm³/mol. The van der Waals surface area contributed by atoms with Crippen LogP contribution in [0.3, 0.4) is 0 Å². The highest BCUT2D eigenvalue weighted by Crippen LogP contribution is 2.26. The zero-order valence-corrected chi connectivity index (χ0v) is 12.0. The molecule has 0 N–H and O–H groups in total. The van der Waals surface area contributed by atoms with Gasteiger partial charge in [-0.05, 0) is 59.7 Å². The smallest absolute Gasteiger partial charge is 0.150 e. The van der Waals surface area contributed by atoms with Gasteiger partial charge in [0.05, 0.1) is 11.4 Å². The maximum atomic E-state index is 10.6. The summed E-state index contributed by atoms with van der Waals surface area (Å²) in [6.45, 7) is 0. The normalized spacial score (nSPS) is 21.0. The van der Waals surface area contributed by atoms with Crippen LogP contribution in [0.15, 0.2) is 58.5 Å². The van der Waals surface area contributed by atoms with Gasteiger partial charge < -0.3 is 14.3 Å². The molecule has 0 radical (unpaired) electrons. The van der Waals surface area contributed by atoms with E-state index < -0.39 is 0 Å². The molecule has 2 unspecified atom stereocenters. The lowest BCUT2D eigenvalue weighted by atomic mass is 10.1. The van der Waals surface area contributed by atoms with Crippen LogP contribution in [0.2, 0.25) is 0 Å². The Labute approximate surface area is 132 Å². The highest BCUT2D eigenvalue weighted by Gasteiger charge is 2.28. The molecule has 2 heterocycles. The number of hydrogen-bond donors (Lipinski definition) is 0. The van der Waals surface area contributed by atoms with Gasteiger partial charge in [-0.15, -0.1) is 0 Å². The van der Waals surface area contributed by atoms with Crippen molar-refractivity contribution in [3.8, 4) is 11.5 Å². The highest BCUT2D eigenvalue weighted by atomic mass is 16.5. The number of hydrogen-bond acceptors (Lipinski definition) is 5. The van der Waals surface area contributed by atoms with Crippen LogP contribution >= 0.6 is 0 Å². The Balaban J connectivity index is 1.42. The lowest BCUT2D eigenvalue weighted by molar-refractivity contribution is -0.107. The van der Waals surface area contributed by atoms with E-state index in [-0.39, 0.29) is 12.1 Å². The molecular weight excluding hydrogens is 292 g/mol. The number of carbonyl (C=O) groups excluding carboxylic acids is 2. The van der Waals surface area contributed by atoms with Crippen molar-refractivity contribution in [1.29, 1.82) is 0 Å². The summed E-state index contributed by atoms with van der Waals surface area (Å²) in [4.78, 5) is 29.4. The minimum Gasteiger partial charge on any atom is -0.457 e. The summed E-state index contributed by atoms with van der Waals surface area (Å²) in [5, 5.41) is 0. The second kappa shape index (κ2) is 5.28. The van der Waals surface area contributed by atoms with Gasteiger partial charge in [0, 0.05) is 0 Å². The van der Waals surface area contributed by atoms with E-state index >= 15 is 0 Å². The Morgan fingerprint density at radius 2 is 1.09 bits per heavy atom. The van der Waals surface area contributed by atoms with Crippen molar-refractivity contribution >= 4 is 24.0 Å². The maximum absolute atomic E-state index is 10.6. The Kier molecular flexibility index (Phi) is 3.12. The zero-order chi connectivity index (χ0) is 15.8. The van der Waals surface area contributed by atoms with Gasteiger partial charge in [0.25, 0.3) is 0 Å². The molecule has 2 atom stereocenters. The third kappa shape index (κ3) is 2.68. The maximum Gasteiger partial charge on any atom is 0.150 e. The van der Waals surface area contributed by atoms with Crippen LogP contribution in [-0.4, -0.2) is 36.1 Å². The fraction of sp³-hybridized carbons (Fsp3) is 0.111. The summed E-state index contributed by atoms with van der Waals surface area (Å²) in [7, 11) is 0. The SMILES string of the molecule is O=CC1N=C1c1ccc(Oc2ccc(C3=NC3C=O)cc2)cc1. The first-order valence-corrected chi connectivity index (χ1v) is 7.23. The van der Waals surface area contributed by atoms with Gasteiger partial charge >= 0.3 is 0 Å². The van der Waals surface area contributed by atoms with E-state index in [2.05, 4.69) is 9.98 Å². The molecule has 0 amide bonds. The first-order chi connectivity index (χ1) is 11.3. The number of ether oxygens (including phenoxy) is 1. The molecule has 0 saturated heterocycles. The molecule has 0 aliphatic carbocycles. The summed E-state index contributed by atoms with van der Waals surface area (Å²) >= 11 is 0. The molecule has 23 heavy (non-hydrogen) atoms. The third-order valence-corrected chi connectivity index (χ3v) is 3.77. The molecule has 5 nitrogen and oxygen atoms in total. The van der Waals surface area contributed by atoms with Crippen LogP contribution in [0.1, 0.15) is 11.1 Å². The van der Waals surface area contributed by atoms with Gasteiger partial charge in [0.2, 0.25) is 0 Å². The molecule has 0 spiro atoms. The number of aldehydes is 2. The Morgan fingerprint density at radius 1 is 0.696 bits per heavy atom. The summed E-state index contributed by atoms with van der Waals surface area (Å²) in [5.41, 5.74) is 3.53. The largest absolute Gasteiger partial charge is 0.457 e. The Bertz CT molecular complexity index is 764. The first-order valence-electron chi connectivity index (χ1n) is 7.23. The van der Waals surface area contributed by atoms with Crippen LogP contribution in [-0.2, 0) is 9.59 Å². The minimum absolute atomic E-state index is 0.269. The summed E-state index contributed by atoms with van der Waals surface area (Å²) < 4.78 is 5.78. The van der Waals surface area contributed by atoms with Crippen LogP contribution in [0.25, 0.3) is 0 Å². The van der Waals surface area contributed by atoms with Gasteiger partial charge in [0.15, 0.2) is 12.6 Å². The highest BCUT2D eigenvalue weighted by molar-refractivity contribution is 6.22. The van der Waals surface area contributed by atoms with Crippen molar-refractivity contribution in [2.45, 2.75) is 12.1 Å². The van der Waals surface area contributed by atoms with Crippen molar-refractivity contribution in [3.63, 3.8) is 0 Å². The molecule has 0 fully saturated rings. The molecule has 2 aliphatic heterocycles. The van der Waals surface area contributed by atoms with Crippen molar-refractivity contribution < 1.29 is 14.3 Å². The number of aliphatic imine (C=N–C) groups is 2. The van der Waals surface area contributed by atoms with Crippen molar-refractivity contribution in [2.75, 3.05) is 0 Å². The molecule has 0 aromatic heterocycles. The van der Waals surface area contributed by atoms with Gasteiger partial charge in [-0.3, -0.25) is 9.98 Å². The number of carbonyl (C=O) groups is 2. The standard InChI is InChI=1S/C18H12N2O3/c21-9-15-17(19-15)11-1-5-13(6-2-11)23-14-7-3-12(4-8-14)18-16(10-22)20-18/h1-10,15-16H. The quantitative estimate of drug-likeness (QED) is 0.768. The number of rotatable bonds is 6. The van der Waals surface area contributed by atoms with E-state index in [0.717, 1.165) is 35.1 Å². The first kappa shape index (κ1) is 13.6. The van der Waals surface area contributed by atoms with Crippen LogP contribution < -0.4 is 4.74 Å². The van der Waals surface area contributed by atoms with Crippen LogP contribution in [0, 0.1) is 0 Å². The van der Waals surface area contributed by atoms with E-state index in [4.69, 9.17) is 4.74 Å².